The average molecular weight is 267 g/mol. The number of aryl methyl sites for hydroxylation is 1. The summed E-state index contributed by atoms with van der Waals surface area (Å²) in [6, 6.07) is 0. The molecule has 1 N–H and O–H groups in total. The van der Waals surface area contributed by atoms with Crippen molar-refractivity contribution in [3.05, 3.63) is 16.1 Å². The maximum Gasteiger partial charge on any atom is 0.230 e. The van der Waals surface area contributed by atoms with E-state index < -0.39 is 0 Å². The number of nitrogens with zero attached hydrogens (tertiary/aromatic N) is 2. The first kappa shape index (κ1) is 13.5. The molecule has 0 aliphatic carbocycles. The normalized spacial score (nSPS) is 23.3. The van der Waals surface area contributed by atoms with E-state index in [0.29, 0.717) is 6.54 Å². The Bertz CT molecular complexity index is 424. The van der Waals surface area contributed by atoms with Crippen LogP contribution >= 0.6 is 11.3 Å². The summed E-state index contributed by atoms with van der Waals surface area (Å²) in [5.74, 6) is 0.251. The number of carbonyl (C=O) groups is 1. The molecule has 0 bridgehead atoms. The molecule has 1 unspecified atom stereocenters. The third-order valence-corrected chi connectivity index (χ3v) is 4.61. The summed E-state index contributed by atoms with van der Waals surface area (Å²) in [6.07, 6.45) is 1.85. The van der Waals surface area contributed by atoms with Crippen molar-refractivity contribution in [2.24, 2.45) is 5.41 Å². The minimum absolute atomic E-state index is 0.195. The van der Waals surface area contributed by atoms with Crippen LogP contribution in [0, 0.1) is 12.3 Å². The van der Waals surface area contributed by atoms with E-state index in [4.69, 9.17) is 0 Å². The van der Waals surface area contributed by atoms with Gasteiger partial charge in [-0.2, -0.15) is 0 Å². The predicted octanol–water partition coefficient (Wildman–Crippen LogP) is 1.80. The lowest BCUT2D eigenvalue weighted by Crippen LogP contribution is -2.42. The van der Waals surface area contributed by atoms with Gasteiger partial charge in [-0.1, -0.05) is 6.92 Å². The SMILES string of the molecule is CCC1(C(=O)N(C)Cc2csc(C)n2)CCNC1. The summed E-state index contributed by atoms with van der Waals surface area (Å²) in [4.78, 5) is 18.8. The fourth-order valence-electron chi connectivity index (χ4n) is 2.58. The monoisotopic (exact) mass is 267 g/mol. The van der Waals surface area contributed by atoms with Crippen molar-refractivity contribution in [1.82, 2.24) is 15.2 Å². The lowest BCUT2D eigenvalue weighted by molar-refractivity contribution is -0.140. The molecule has 100 valence electrons. The van der Waals surface area contributed by atoms with Gasteiger partial charge in [0.15, 0.2) is 0 Å². The molecule has 0 spiro atoms. The van der Waals surface area contributed by atoms with Crippen LogP contribution in [-0.2, 0) is 11.3 Å². The molecule has 18 heavy (non-hydrogen) atoms. The molecule has 1 fully saturated rings. The molecule has 1 saturated heterocycles. The molecule has 0 aromatic carbocycles. The summed E-state index contributed by atoms with van der Waals surface area (Å²) in [6.45, 7) is 6.47. The minimum Gasteiger partial charge on any atom is -0.339 e. The van der Waals surface area contributed by atoms with Gasteiger partial charge < -0.3 is 10.2 Å². The maximum atomic E-state index is 12.6. The van der Waals surface area contributed by atoms with Crippen LogP contribution in [0.25, 0.3) is 0 Å². The van der Waals surface area contributed by atoms with Crippen molar-refractivity contribution in [2.75, 3.05) is 20.1 Å². The van der Waals surface area contributed by atoms with Gasteiger partial charge >= 0.3 is 0 Å². The second-order valence-electron chi connectivity index (χ2n) is 5.08. The number of aromatic nitrogens is 1. The molecule has 1 aromatic heterocycles. The highest BCUT2D eigenvalue weighted by Gasteiger charge is 2.41. The number of thiazole rings is 1. The van der Waals surface area contributed by atoms with Gasteiger partial charge in [0.05, 0.1) is 22.7 Å². The zero-order valence-electron chi connectivity index (χ0n) is 11.3. The lowest BCUT2D eigenvalue weighted by atomic mass is 9.83. The van der Waals surface area contributed by atoms with Crippen LogP contribution in [0.4, 0.5) is 0 Å². The quantitative estimate of drug-likeness (QED) is 0.905. The Morgan fingerprint density at radius 3 is 2.94 bits per heavy atom. The third kappa shape index (κ3) is 2.57. The fourth-order valence-corrected chi connectivity index (χ4v) is 3.18. The van der Waals surface area contributed by atoms with Crippen molar-refractivity contribution in [3.63, 3.8) is 0 Å². The van der Waals surface area contributed by atoms with Crippen LogP contribution in [0.1, 0.15) is 30.5 Å². The van der Waals surface area contributed by atoms with Crippen LogP contribution in [0.15, 0.2) is 5.38 Å². The van der Waals surface area contributed by atoms with Crippen LogP contribution in [0.5, 0.6) is 0 Å². The zero-order valence-corrected chi connectivity index (χ0v) is 12.1. The van der Waals surface area contributed by atoms with E-state index in [9.17, 15) is 4.79 Å². The first-order valence-electron chi connectivity index (χ1n) is 6.45. The van der Waals surface area contributed by atoms with Gasteiger partial charge in [-0.25, -0.2) is 4.98 Å². The van der Waals surface area contributed by atoms with Gasteiger partial charge in [0.1, 0.15) is 0 Å². The largest absolute Gasteiger partial charge is 0.339 e. The maximum absolute atomic E-state index is 12.6. The van der Waals surface area contributed by atoms with Crippen LogP contribution in [0.3, 0.4) is 0 Å². The molecule has 1 atom stereocenters. The molecule has 0 radical (unpaired) electrons. The molecular formula is C13H21N3OS. The number of amides is 1. The van der Waals surface area contributed by atoms with Crippen molar-refractivity contribution < 1.29 is 4.79 Å². The van der Waals surface area contributed by atoms with Gasteiger partial charge in [0.25, 0.3) is 0 Å². The number of hydrogen-bond donors (Lipinski definition) is 1. The molecule has 2 heterocycles. The van der Waals surface area contributed by atoms with Gasteiger partial charge in [-0.15, -0.1) is 11.3 Å². The summed E-state index contributed by atoms with van der Waals surface area (Å²) < 4.78 is 0. The number of rotatable bonds is 4. The van der Waals surface area contributed by atoms with E-state index in [2.05, 4.69) is 17.2 Å². The van der Waals surface area contributed by atoms with Gasteiger partial charge in [-0.05, 0) is 26.3 Å². The Labute approximate surface area is 112 Å². The number of carbonyl (C=O) groups excluding carboxylic acids is 1. The van der Waals surface area contributed by atoms with Gasteiger partial charge in [0.2, 0.25) is 5.91 Å². The number of nitrogens with one attached hydrogen (secondary N) is 1. The summed E-state index contributed by atoms with van der Waals surface area (Å²) in [7, 11) is 1.88. The Kier molecular flexibility index (Phi) is 4.02. The molecule has 1 aromatic rings. The highest BCUT2D eigenvalue weighted by molar-refractivity contribution is 7.09. The second kappa shape index (κ2) is 5.36. The molecule has 0 saturated carbocycles. The topological polar surface area (TPSA) is 45.2 Å². The van der Waals surface area contributed by atoms with E-state index in [1.807, 2.05) is 24.3 Å². The first-order valence-corrected chi connectivity index (χ1v) is 7.32. The molecular weight excluding hydrogens is 246 g/mol. The zero-order chi connectivity index (χ0) is 13.2. The molecule has 4 nitrogen and oxygen atoms in total. The summed E-state index contributed by atoms with van der Waals surface area (Å²) in [5, 5.41) is 6.39. The molecule has 2 rings (SSSR count). The van der Waals surface area contributed by atoms with E-state index in [-0.39, 0.29) is 11.3 Å². The molecule has 1 aliphatic rings. The van der Waals surface area contributed by atoms with Crippen molar-refractivity contribution in [1.29, 1.82) is 0 Å². The van der Waals surface area contributed by atoms with E-state index >= 15 is 0 Å². The van der Waals surface area contributed by atoms with Gasteiger partial charge in [-0.3, -0.25) is 4.79 Å². The standard InChI is InChI=1S/C13H21N3OS/c1-4-13(5-6-14-9-13)12(17)16(3)7-11-8-18-10(2)15-11/h8,14H,4-7,9H2,1-3H3. The first-order chi connectivity index (χ1) is 8.57. The van der Waals surface area contributed by atoms with Crippen LogP contribution in [-0.4, -0.2) is 35.9 Å². The summed E-state index contributed by atoms with van der Waals surface area (Å²) >= 11 is 1.63. The minimum atomic E-state index is -0.195. The fraction of sp³-hybridized carbons (Fsp3) is 0.692. The highest BCUT2D eigenvalue weighted by atomic mass is 32.1. The van der Waals surface area contributed by atoms with Gasteiger partial charge in [0, 0.05) is 19.0 Å². The lowest BCUT2D eigenvalue weighted by Gasteiger charge is -2.30. The molecule has 1 aliphatic heterocycles. The van der Waals surface area contributed by atoms with Crippen molar-refractivity contribution in [3.8, 4) is 0 Å². The Morgan fingerprint density at radius 2 is 2.44 bits per heavy atom. The molecule has 1 amide bonds. The van der Waals surface area contributed by atoms with Crippen molar-refractivity contribution in [2.45, 2.75) is 33.2 Å². The summed E-state index contributed by atoms with van der Waals surface area (Å²) in [5.41, 5.74) is 0.797. The van der Waals surface area contributed by atoms with E-state index in [1.165, 1.54) is 0 Å². The predicted molar refractivity (Wildman–Crippen MR) is 73.5 cm³/mol. The van der Waals surface area contributed by atoms with E-state index in [0.717, 1.165) is 36.6 Å². The molecule has 5 heteroatoms. The van der Waals surface area contributed by atoms with E-state index in [1.54, 1.807) is 11.3 Å². The van der Waals surface area contributed by atoms with Crippen molar-refractivity contribution >= 4 is 17.2 Å². The average Bonchev–Trinajstić information content (AvgIpc) is 2.98. The Balaban J connectivity index is 2.04. The van der Waals surface area contributed by atoms with Crippen LogP contribution < -0.4 is 5.32 Å². The smallest absolute Gasteiger partial charge is 0.230 e. The third-order valence-electron chi connectivity index (χ3n) is 3.79. The Morgan fingerprint density at radius 1 is 1.67 bits per heavy atom. The Hall–Kier alpha value is -0.940. The second-order valence-corrected chi connectivity index (χ2v) is 6.14. The van der Waals surface area contributed by atoms with Crippen LogP contribution in [0.2, 0.25) is 0 Å². The highest BCUT2D eigenvalue weighted by Crippen LogP contribution is 2.31. The number of hydrogen-bond acceptors (Lipinski definition) is 4.